The van der Waals surface area contributed by atoms with Crippen molar-refractivity contribution in [2.45, 2.75) is 32.7 Å². The molecule has 1 N–H and O–H groups in total. The molecule has 3 heterocycles. The standard InChI is InChI=1S/C24H28N6O2S/c1-16-21(30-24(26-16)33-17(2)27-30)23(32)29(4)19(15-18-9-6-5-7-10-18)12-13-25-22(31)20-11-8-14-28(20)3/h5-11,14,19H,12-13,15H2,1-4H3,(H,25,31)/t19-/m1/s1. The number of hydrogen-bond donors (Lipinski definition) is 1. The van der Waals surface area contributed by atoms with Gasteiger partial charge in [0.1, 0.15) is 10.7 Å². The molecule has 0 aliphatic rings. The normalized spacial score (nSPS) is 12.1. The number of fused-ring (bicyclic) bond motifs is 1. The van der Waals surface area contributed by atoms with Crippen LogP contribution in [0.5, 0.6) is 0 Å². The minimum atomic E-state index is -0.125. The van der Waals surface area contributed by atoms with E-state index in [0.717, 1.165) is 15.5 Å². The first-order valence-corrected chi connectivity index (χ1v) is 11.7. The summed E-state index contributed by atoms with van der Waals surface area (Å²) in [5.41, 5.74) is 2.90. The van der Waals surface area contributed by atoms with E-state index in [-0.39, 0.29) is 17.9 Å². The molecule has 0 saturated heterocycles. The Morgan fingerprint density at radius 2 is 1.91 bits per heavy atom. The molecule has 3 aromatic heterocycles. The van der Waals surface area contributed by atoms with Gasteiger partial charge in [-0.1, -0.05) is 41.7 Å². The number of likely N-dealkylation sites (N-methyl/N-ethyl adjacent to an activating group) is 1. The summed E-state index contributed by atoms with van der Waals surface area (Å²) in [6.07, 6.45) is 3.14. The van der Waals surface area contributed by atoms with Crippen LogP contribution in [0.25, 0.3) is 4.96 Å². The number of imidazole rings is 1. The predicted octanol–water partition coefficient (Wildman–Crippen LogP) is 3.25. The molecular weight excluding hydrogens is 436 g/mol. The monoisotopic (exact) mass is 464 g/mol. The fourth-order valence-corrected chi connectivity index (χ4v) is 4.77. The predicted molar refractivity (Wildman–Crippen MR) is 129 cm³/mol. The van der Waals surface area contributed by atoms with Crippen molar-refractivity contribution in [3.63, 3.8) is 0 Å². The molecule has 0 spiro atoms. The van der Waals surface area contributed by atoms with E-state index in [9.17, 15) is 9.59 Å². The van der Waals surface area contributed by atoms with Crippen molar-refractivity contribution < 1.29 is 9.59 Å². The van der Waals surface area contributed by atoms with Crippen molar-refractivity contribution in [3.8, 4) is 0 Å². The van der Waals surface area contributed by atoms with E-state index in [2.05, 4.69) is 27.5 Å². The summed E-state index contributed by atoms with van der Waals surface area (Å²) in [5.74, 6) is -0.249. The first-order chi connectivity index (χ1) is 15.8. The molecule has 172 valence electrons. The summed E-state index contributed by atoms with van der Waals surface area (Å²) in [5, 5.41) is 8.32. The van der Waals surface area contributed by atoms with Gasteiger partial charge in [0.2, 0.25) is 4.96 Å². The second-order valence-corrected chi connectivity index (χ2v) is 9.33. The Labute approximate surface area is 196 Å². The Bertz CT molecular complexity index is 1270. The van der Waals surface area contributed by atoms with E-state index in [1.54, 1.807) is 20.0 Å². The molecule has 4 aromatic rings. The van der Waals surface area contributed by atoms with Gasteiger partial charge in [0.25, 0.3) is 11.8 Å². The van der Waals surface area contributed by atoms with Gasteiger partial charge < -0.3 is 14.8 Å². The first-order valence-electron chi connectivity index (χ1n) is 10.9. The van der Waals surface area contributed by atoms with Crippen molar-refractivity contribution in [2.24, 2.45) is 7.05 Å². The number of hydrogen-bond acceptors (Lipinski definition) is 5. The Morgan fingerprint density at radius 3 is 2.61 bits per heavy atom. The van der Waals surface area contributed by atoms with Gasteiger partial charge in [-0.3, -0.25) is 9.59 Å². The molecule has 33 heavy (non-hydrogen) atoms. The minimum absolute atomic E-state index is 0.113. The molecule has 0 unspecified atom stereocenters. The third-order valence-corrected chi connectivity index (χ3v) is 6.63. The van der Waals surface area contributed by atoms with Crippen LogP contribution in [0.1, 0.15) is 43.7 Å². The van der Waals surface area contributed by atoms with E-state index >= 15 is 0 Å². The van der Waals surface area contributed by atoms with Gasteiger partial charge in [0.05, 0.1) is 5.69 Å². The Kier molecular flexibility index (Phi) is 6.60. The highest BCUT2D eigenvalue weighted by atomic mass is 32.1. The average Bonchev–Trinajstić information content (AvgIpc) is 3.45. The fourth-order valence-electron chi connectivity index (χ4n) is 3.98. The smallest absolute Gasteiger partial charge is 0.274 e. The molecule has 4 rings (SSSR count). The molecular formula is C24H28N6O2S. The van der Waals surface area contributed by atoms with Crippen LogP contribution in [0.15, 0.2) is 48.7 Å². The molecule has 8 nitrogen and oxygen atoms in total. The summed E-state index contributed by atoms with van der Waals surface area (Å²) in [6.45, 7) is 4.19. The maximum Gasteiger partial charge on any atom is 0.274 e. The lowest BCUT2D eigenvalue weighted by Gasteiger charge is -2.28. The first kappa shape index (κ1) is 22.7. The minimum Gasteiger partial charge on any atom is -0.351 e. The zero-order valence-corrected chi connectivity index (χ0v) is 20.1. The molecule has 9 heteroatoms. The molecule has 1 aromatic carbocycles. The molecule has 0 fully saturated rings. The van der Waals surface area contributed by atoms with Crippen molar-refractivity contribution in [2.75, 3.05) is 13.6 Å². The maximum atomic E-state index is 13.5. The van der Waals surface area contributed by atoms with Gasteiger partial charge in [0, 0.05) is 32.9 Å². The number of amides is 2. The molecule has 0 bridgehead atoms. The topological polar surface area (TPSA) is 84.5 Å². The highest BCUT2D eigenvalue weighted by Crippen LogP contribution is 2.21. The lowest BCUT2D eigenvalue weighted by molar-refractivity contribution is 0.0713. The van der Waals surface area contributed by atoms with Crippen LogP contribution in [0.4, 0.5) is 0 Å². The Morgan fingerprint density at radius 1 is 1.15 bits per heavy atom. The number of benzene rings is 1. The number of aromatic nitrogens is 4. The van der Waals surface area contributed by atoms with Crippen LogP contribution in [0.3, 0.4) is 0 Å². The van der Waals surface area contributed by atoms with Gasteiger partial charge in [-0.25, -0.2) is 4.98 Å². The van der Waals surface area contributed by atoms with Crippen molar-refractivity contribution in [3.05, 3.63) is 76.3 Å². The second-order valence-electron chi connectivity index (χ2n) is 8.17. The Hall–Kier alpha value is -3.46. The number of nitrogens with zero attached hydrogens (tertiary/aromatic N) is 5. The number of rotatable bonds is 8. The molecule has 0 saturated carbocycles. The van der Waals surface area contributed by atoms with E-state index in [1.165, 1.54) is 11.3 Å². The van der Waals surface area contributed by atoms with E-state index in [4.69, 9.17) is 0 Å². The van der Waals surface area contributed by atoms with Crippen LogP contribution in [-0.4, -0.2) is 55.5 Å². The maximum absolute atomic E-state index is 13.5. The van der Waals surface area contributed by atoms with Gasteiger partial charge in [-0.05, 0) is 44.4 Å². The summed E-state index contributed by atoms with van der Waals surface area (Å²) in [6, 6.07) is 13.6. The SMILES string of the molecule is Cc1nn2c(C(=O)N(C)[C@H](CCNC(=O)c3cccn3C)Cc3ccccc3)c(C)nc2s1. The van der Waals surface area contributed by atoms with Crippen LogP contribution in [-0.2, 0) is 13.5 Å². The van der Waals surface area contributed by atoms with Gasteiger partial charge >= 0.3 is 0 Å². The number of carbonyl (C=O) groups excluding carboxylic acids is 2. The molecule has 0 radical (unpaired) electrons. The molecule has 1 atom stereocenters. The zero-order valence-electron chi connectivity index (χ0n) is 19.3. The van der Waals surface area contributed by atoms with E-state index in [0.29, 0.717) is 36.5 Å². The van der Waals surface area contributed by atoms with Gasteiger partial charge in [0.15, 0.2) is 5.69 Å². The molecule has 2 amide bonds. The number of carbonyl (C=O) groups is 2. The van der Waals surface area contributed by atoms with Crippen molar-refractivity contribution in [1.82, 2.24) is 29.4 Å². The molecule has 0 aliphatic heterocycles. The van der Waals surface area contributed by atoms with Gasteiger partial charge in [-0.2, -0.15) is 9.61 Å². The average molecular weight is 465 g/mol. The fraction of sp³-hybridized carbons (Fsp3) is 0.333. The highest BCUT2D eigenvalue weighted by Gasteiger charge is 2.27. The van der Waals surface area contributed by atoms with Crippen molar-refractivity contribution in [1.29, 1.82) is 0 Å². The molecule has 0 aliphatic carbocycles. The highest BCUT2D eigenvalue weighted by molar-refractivity contribution is 7.16. The summed E-state index contributed by atoms with van der Waals surface area (Å²) < 4.78 is 3.43. The zero-order chi connectivity index (χ0) is 23.5. The van der Waals surface area contributed by atoms with Gasteiger partial charge in [-0.15, -0.1) is 0 Å². The largest absolute Gasteiger partial charge is 0.351 e. The van der Waals surface area contributed by atoms with Crippen LogP contribution in [0.2, 0.25) is 0 Å². The van der Waals surface area contributed by atoms with Crippen LogP contribution < -0.4 is 5.32 Å². The summed E-state index contributed by atoms with van der Waals surface area (Å²) in [7, 11) is 3.65. The summed E-state index contributed by atoms with van der Waals surface area (Å²) in [4.78, 5) is 33.1. The van der Waals surface area contributed by atoms with Crippen molar-refractivity contribution >= 4 is 28.1 Å². The third kappa shape index (κ3) is 4.83. The van der Waals surface area contributed by atoms with E-state index < -0.39 is 0 Å². The Balaban J connectivity index is 1.53. The second kappa shape index (κ2) is 9.58. The lowest BCUT2D eigenvalue weighted by atomic mass is 10.0. The number of nitrogens with one attached hydrogen (secondary N) is 1. The quantitative estimate of drug-likeness (QED) is 0.434. The lowest BCUT2D eigenvalue weighted by Crippen LogP contribution is -2.41. The third-order valence-electron chi connectivity index (χ3n) is 5.80. The van der Waals surface area contributed by atoms with Crippen LogP contribution >= 0.6 is 11.3 Å². The number of aryl methyl sites for hydroxylation is 3. The van der Waals surface area contributed by atoms with Crippen LogP contribution in [0, 0.1) is 13.8 Å². The van der Waals surface area contributed by atoms with E-state index in [1.807, 2.05) is 58.4 Å². The summed E-state index contributed by atoms with van der Waals surface area (Å²) >= 11 is 1.46.